The van der Waals surface area contributed by atoms with Gasteiger partial charge in [0.25, 0.3) is 11.8 Å². The van der Waals surface area contributed by atoms with Crippen LogP contribution in [-0.2, 0) is 41.6 Å². The van der Waals surface area contributed by atoms with Gasteiger partial charge in [-0.15, -0.1) is 5.10 Å². The van der Waals surface area contributed by atoms with E-state index in [1.54, 1.807) is 0 Å². The van der Waals surface area contributed by atoms with Gasteiger partial charge in [0, 0.05) is 68.8 Å². The Bertz CT molecular complexity index is 2540. The fourth-order valence-corrected chi connectivity index (χ4v) is 7.24. The molecule has 0 spiro atoms. The zero-order chi connectivity index (χ0) is 54.5. The van der Waals surface area contributed by atoms with Crippen LogP contribution in [0.25, 0.3) is 5.69 Å². The van der Waals surface area contributed by atoms with E-state index in [1.807, 2.05) is 5.32 Å². The van der Waals surface area contributed by atoms with Crippen molar-refractivity contribution in [1.82, 2.24) is 51.4 Å². The van der Waals surface area contributed by atoms with Crippen molar-refractivity contribution in [3.8, 4) is 5.69 Å². The van der Waals surface area contributed by atoms with Crippen LogP contribution in [-0.4, -0.2) is 185 Å². The number of unbranched alkanes of at least 4 members (excludes halogenated alkanes) is 1. The summed E-state index contributed by atoms with van der Waals surface area (Å²) in [6, 6.07) is 1.37. The molecule has 0 aliphatic carbocycles. The number of rotatable bonds is 28. The Hall–Kier alpha value is -8.92. The Labute approximate surface area is 419 Å². The van der Waals surface area contributed by atoms with Crippen molar-refractivity contribution in [3.63, 3.8) is 0 Å². The molecular weight excluding hydrogens is 986 g/mol. The van der Waals surface area contributed by atoms with Crippen molar-refractivity contribution in [2.24, 2.45) is 0 Å². The number of amides is 8. The number of carbonyl (C=O) groups excluding carboxylic acids is 5. The number of hydrogen-bond donors (Lipinski definition) is 12. The highest BCUT2D eigenvalue weighted by Gasteiger charge is 2.29. The minimum Gasteiger partial charge on any atom is -0.481 e. The molecule has 12 N–H and O–H groups in total. The topological polar surface area (TPSA) is 419 Å². The number of nitrogens with one attached hydrogen (secondary N) is 6. The van der Waals surface area contributed by atoms with E-state index in [2.05, 4.69) is 36.9 Å². The molecule has 29 heteroatoms. The highest BCUT2D eigenvalue weighted by Crippen LogP contribution is 2.19. The van der Waals surface area contributed by atoms with Crippen molar-refractivity contribution >= 4 is 71.4 Å². The second-order valence-corrected chi connectivity index (χ2v) is 16.7. The van der Waals surface area contributed by atoms with E-state index < -0.39 is 122 Å². The largest absolute Gasteiger partial charge is 0.481 e. The maximum Gasteiger partial charge on any atom is 0.326 e. The Morgan fingerprint density at radius 3 is 1.65 bits per heavy atom. The van der Waals surface area contributed by atoms with Gasteiger partial charge in [-0.1, -0.05) is 17.3 Å². The second-order valence-electron chi connectivity index (χ2n) is 16.7. The van der Waals surface area contributed by atoms with Crippen LogP contribution in [0.2, 0.25) is 0 Å². The van der Waals surface area contributed by atoms with Crippen molar-refractivity contribution in [1.29, 1.82) is 0 Å². The number of nitrogens with zero attached hydrogens (tertiary/aromatic N) is 5. The van der Waals surface area contributed by atoms with Crippen molar-refractivity contribution in [2.45, 2.75) is 88.4 Å². The molecular formula is C45H56FN11O17. The molecule has 1 aromatic heterocycles. The van der Waals surface area contributed by atoms with E-state index in [9.17, 15) is 77.6 Å². The molecule has 0 unspecified atom stereocenters. The summed E-state index contributed by atoms with van der Waals surface area (Å²) in [7, 11) is 0. The minimum atomic E-state index is -1.58. The Balaban J connectivity index is 1.34. The van der Waals surface area contributed by atoms with Gasteiger partial charge in [0.05, 0.1) is 24.3 Å². The zero-order valence-electron chi connectivity index (χ0n) is 39.5. The number of anilines is 1. The fraction of sp³-hybridized carbons (Fsp3) is 0.444. The predicted octanol–water partition coefficient (Wildman–Crippen LogP) is 0.743. The minimum absolute atomic E-state index is 0.0204. The molecule has 0 radical (unpaired) electrons. The molecule has 400 valence electrons. The number of carboxylic acids is 6. The van der Waals surface area contributed by atoms with Crippen LogP contribution in [0.15, 0.2) is 48.7 Å². The quantitative estimate of drug-likeness (QED) is 0.0446. The summed E-state index contributed by atoms with van der Waals surface area (Å²) in [5, 5.41) is 77.5. The summed E-state index contributed by atoms with van der Waals surface area (Å²) >= 11 is 0. The van der Waals surface area contributed by atoms with Crippen molar-refractivity contribution in [2.75, 3.05) is 44.7 Å². The summed E-state index contributed by atoms with van der Waals surface area (Å²) < 4.78 is 14.2. The first-order valence-corrected chi connectivity index (χ1v) is 23.0. The maximum atomic E-state index is 14.0. The molecule has 1 aliphatic rings. The molecule has 1 fully saturated rings. The first-order chi connectivity index (χ1) is 35.1. The number of carbonyl (C=O) groups is 11. The van der Waals surface area contributed by atoms with Gasteiger partial charge in [0.1, 0.15) is 24.2 Å². The molecule has 3 aromatic rings. The van der Waals surface area contributed by atoms with E-state index in [0.29, 0.717) is 16.9 Å². The average molecular weight is 1040 g/mol. The third kappa shape index (κ3) is 18.7. The molecule has 1 saturated heterocycles. The van der Waals surface area contributed by atoms with Gasteiger partial charge >= 0.3 is 53.9 Å². The molecule has 4 atom stereocenters. The summed E-state index contributed by atoms with van der Waals surface area (Å²) in [6.07, 6.45) is 0.0288. The van der Waals surface area contributed by atoms with Crippen molar-refractivity contribution in [3.05, 3.63) is 71.0 Å². The Morgan fingerprint density at radius 1 is 0.608 bits per heavy atom. The number of carboxylic acid groups (broad SMARTS) is 6. The lowest BCUT2D eigenvalue weighted by atomic mass is 10.1. The molecule has 28 nitrogen and oxygen atoms in total. The van der Waals surface area contributed by atoms with E-state index >= 15 is 0 Å². The lowest BCUT2D eigenvalue weighted by molar-refractivity contribution is -0.142. The predicted molar refractivity (Wildman–Crippen MR) is 251 cm³/mol. The molecule has 74 heavy (non-hydrogen) atoms. The number of aliphatic carboxylic acids is 6. The molecule has 8 amide bonds. The number of aromatic nitrogens is 3. The van der Waals surface area contributed by atoms with Gasteiger partial charge in [-0.25, -0.2) is 38.2 Å². The van der Waals surface area contributed by atoms with E-state index in [1.165, 1.54) is 63.1 Å². The molecule has 4 rings (SSSR count). The average Bonchev–Trinajstić information content (AvgIpc) is 3.84. The first-order valence-electron chi connectivity index (χ1n) is 23.0. The van der Waals surface area contributed by atoms with Crippen LogP contribution in [0.4, 0.5) is 24.5 Å². The second kappa shape index (κ2) is 28.2. The lowest BCUT2D eigenvalue weighted by Gasteiger charge is -2.34. The number of urea groups is 3. The van der Waals surface area contributed by atoms with Crippen LogP contribution in [0.3, 0.4) is 0 Å². The molecule has 2 aromatic carbocycles. The first kappa shape index (κ1) is 57.7. The lowest BCUT2D eigenvalue weighted by Crippen LogP contribution is -2.51. The molecule has 2 heterocycles. The normalized spacial score (nSPS) is 13.7. The van der Waals surface area contributed by atoms with Gasteiger partial charge < -0.3 is 72.3 Å². The van der Waals surface area contributed by atoms with E-state index in [-0.39, 0.29) is 88.1 Å². The van der Waals surface area contributed by atoms with Crippen molar-refractivity contribution < 1.29 is 87.8 Å². The van der Waals surface area contributed by atoms with Gasteiger partial charge in [0.2, 0.25) is 0 Å². The summed E-state index contributed by atoms with van der Waals surface area (Å²) in [6.45, 7) is -0.221. The SMILES string of the molecule is O=C(O)CC[C@H](NC(=O)N[C@@H](CCCCNC(=O)c1cc(C(=O)N2CCN(C(=O)Nc3ccc(C[C@H](NC(=O)N[C@H](CCC(=O)O)C(=O)O)C(=O)O)cc3)CC2)cc(-n2cc(CCCF)nn2)c1)C(=O)O)C(=O)O. The number of hydrogen-bond acceptors (Lipinski definition) is 13. The third-order valence-electron chi connectivity index (χ3n) is 11.2. The fourth-order valence-electron chi connectivity index (χ4n) is 7.24. The standard InChI is InChI=1S/C45H56FN11O17/c46-14-3-4-29-24-57(54-53-29)30-22-26(37(62)47-15-2-1-5-31(39(64)65)49-43(72)50-32(40(66)67)10-12-35(58)59)21-27(23-30)38(63)55-16-18-56(19-17-55)45(74)48-28-8-6-25(7-9-28)20-34(42(70)71)52-44(73)51-33(41(68)69)11-13-36(60)61/h6-9,21-24,31-34H,1-5,10-20H2,(H,47,62)(H,48,74)(H,58,59)(H,60,61)(H,64,65)(H,66,67)(H,68,69)(H,70,71)(H2,49,50,72)(H2,51,52,73)/t31-,32-,33+,34-/m0/s1. The molecule has 1 aliphatic heterocycles. The summed E-state index contributed by atoms with van der Waals surface area (Å²) in [5.74, 6) is -9.56. The van der Waals surface area contributed by atoms with Gasteiger partial charge in [-0.2, -0.15) is 0 Å². The van der Waals surface area contributed by atoms with Gasteiger partial charge in [0.15, 0.2) is 0 Å². The zero-order valence-corrected chi connectivity index (χ0v) is 39.5. The Morgan fingerprint density at radius 2 is 1.12 bits per heavy atom. The van der Waals surface area contributed by atoms with Crippen LogP contribution >= 0.6 is 0 Å². The number of alkyl halides is 1. The smallest absolute Gasteiger partial charge is 0.326 e. The van der Waals surface area contributed by atoms with Gasteiger partial charge in [-0.05, 0) is 80.8 Å². The van der Waals surface area contributed by atoms with Crippen LogP contribution in [0.5, 0.6) is 0 Å². The maximum absolute atomic E-state index is 14.0. The number of piperazine rings is 1. The number of benzene rings is 2. The number of halogens is 1. The highest BCUT2D eigenvalue weighted by molar-refractivity contribution is 6.01. The third-order valence-corrected chi connectivity index (χ3v) is 11.2. The van der Waals surface area contributed by atoms with E-state index in [0.717, 1.165) is 0 Å². The molecule has 0 saturated carbocycles. The summed E-state index contributed by atoms with van der Waals surface area (Å²) in [5.41, 5.74) is 1.58. The van der Waals surface area contributed by atoms with Gasteiger partial charge in [-0.3, -0.25) is 23.6 Å². The highest BCUT2D eigenvalue weighted by atomic mass is 19.1. The molecule has 0 bridgehead atoms. The number of aryl methyl sites for hydroxylation is 1. The van der Waals surface area contributed by atoms with Crippen LogP contribution in [0.1, 0.15) is 83.3 Å². The van der Waals surface area contributed by atoms with Crippen LogP contribution < -0.4 is 31.9 Å². The van der Waals surface area contributed by atoms with E-state index in [4.69, 9.17) is 10.2 Å². The monoisotopic (exact) mass is 1040 g/mol. The Kier molecular flexibility index (Phi) is 22.0. The van der Waals surface area contributed by atoms with Crippen LogP contribution in [0, 0.1) is 0 Å². The summed E-state index contributed by atoms with van der Waals surface area (Å²) in [4.78, 5) is 137.